The third-order valence-electron chi connectivity index (χ3n) is 3.59. The molecule has 0 spiro atoms. The van der Waals surface area contributed by atoms with Gasteiger partial charge >= 0.3 is 0 Å². The van der Waals surface area contributed by atoms with E-state index in [4.69, 9.17) is 5.73 Å². The zero-order valence-electron chi connectivity index (χ0n) is 10.1. The van der Waals surface area contributed by atoms with Gasteiger partial charge in [0.15, 0.2) is 0 Å². The number of hydrogen-bond donors (Lipinski definition) is 1. The fourth-order valence-corrected chi connectivity index (χ4v) is 3.03. The van der Waals surface area contributed by atoms with E-state index in [9.17, 15) is 0 Å². The van der Waals surface area contributed by atoms with Gasteiger partial charge in [-0.15, -0.1) is 11.3 Å². The lowest BCUT2D eigenvalue weighted by molar-refractivity contribution is 0.141. The Morgan fingerprint density at radius 3 is 2.75 bits per heavy atom. The van der Waals surface area contributed by atoms with Crippen LogP contribution in [0.2, 0.25) is 0 Å². The summed E-state index contributed by atoms with van der Waals surface area (Å²) in [6, 6.07) is 0.462. The normalized spacial score (nSPS) is 21.2. The molecule has 0 aliphatic carbocycles. The Labute approximate surface area is 102 Å². The van der Waals surface area contributed by atoms with Crippen LogP contribution in [-0.4, -0.2) is 29.5 Å². The Kier molecular flexibility index (Phi) is 3.95. The van der Waals surface area contributed by atoms with E-state index in [0.717, 1.165) is 12.5 Å². The predicted molar refractivity (Wildman–Crippen MR) is 68.6 cm³/mol. The van der Waals surface area contributed by atoms with Gasteiger partial charge in [-0.2, -0.15) is 0 Å². The molecule has 16 heavy (non-hydrogen) atoms. The third-order valence-corrected chi connectivity index (χ3v) is 4.39. The lowest BCUT2D eigenvalue weighted by Gasteiger charge is -2.35. The summed E-state index contributed by atoms with van der Waals surface area (Å²) < 4.78 is 0. The van der Waals surface area contributed by atoms with Crippen molar-refractivity contribution in [2.75, 3.05) is 19.6 Å². The highest BCUT2D eigenvalue weighted by molar-refractivity contribution is 7.09. The molecule has 2 heterocycles. The summed E-state index contributed by atoms with van der Waals surface area (Å²) in [5.41, 5.74) is 6.94. The maximum Gasteiger partial charge on any atom is 0.0898 e. The Morgan fingerprint density at radius 1 is 1.56 bits per heavy atom. The smallest absolute Gasteiger partial charge is 0.0898 e. The molecule has 0 radical (unpaired) electrons. The SMILES string of the molecule is Cc1nc(C(C)N2CCC(CN)CC2)cs1. The molecular formula is C12H21N3S. The quantitative estimate of drug-likeness (QED) is 0.879. The first kappa shape index (κ1) is 12.0. The second-order valence-electron chi connectivity index (χ2n) is 4.68. The van der Waals surface area contributed by atoms with Gasteiger partial charge in [0.2, 0.25) is 0 Å². The van der Waals surface area contributed by atoms with Gasteiger partial charge in [-0.3, -0.25) is 4.90 Å². The van der Waals surface area contributed by atoms with Crippen LogP contribution in [0.4, 0.5) is 0 Å². The minimum atomic E-state index is 0.462. The summed E-state index contributed by atoms with van der Waals surface area (Å²) in [6.45, 7) is 7.51. The first-order valence-corrected chi connectivity index (χ1v) is 6.95. The minimum Gasteiger partial charge on any atom is -0.330 e. The molecule has 4 heteroatoms. The number of rotatable bonds is 3. The van der Waals surface area contributed by atoms with Gasteiger partial charge in [0, 0.05) is 5.38 Å². The van der Waals surface area contributed by atoms with E-state index >= 15 is 0 Å². The fraction of sp³-hybridized carbons (Fsp3) is 0.750. The van der Waals surface area contributed by atoms with Crippen molar-refractivity contribution in [3.8, 4) is 0 Å². The molecule has 90 valence electrons. The molecule has 1 saturated heterocycles. The maximum absolute atomic E-state index is 5.71. The molecule has 0 bridgehead atoms. The van der Waals surface area contributed by atoms with E-state index in [0.29, 0.717) is 6.04 Å². The molecule has 3 nitrogen and oxygen atoms in total. The van der Waals surface area contributed by atoms with Gasteiger partial charge in [-0.1, -0.05) is 0 Å². The average molecular weight is 239 g/mol. The Balaban J connectivity index is 1.93. The first-order chi connectivity index (χ1) is 7.70. The largest absolute Gasteiger partial charge is 0.330 e. The monoisotopic (exact) mass is 239 g/mol. The van der Waals surface area contributed by atoms with Crippen molar-refractivity contribution in [1.82, 2.24) is 9.88 Å². The van der Waals surface area contributed by atoms with Crippen molar-refractivity contribution in [2.45, 2.75) is 32.7 Å². The molecule has 1 fully saturated rings. The number of thiazole rings is 1. The van der Waals surface area contributed by atoms with Crippen LogP contribution in [0.15, 0.2) is 5.38 Å². The molecular weight excluding hydrogens is 218 g/mol. The van der Waals surface area contributed by atoms with Gasteiger partial charge in [0.25, 0.3) is 0 Å². The van der Waals surface area contributed by atoms with E-state index in [1.54, 1.807) is 11.3 Å². The highest BCUT2D eigenvalue weighted by Crippen LogP contribution is 2.26. The second kappa shape index (κ2) is 5.25. The van der Waals surface area contributed by atoms with Gasteiger partial charge in [-0.05, 0) is 52.2 Å². The van der Waals surface area contributed by atoms with E-state index in [-0.39, 0.29) is 0 Å². The zero-order valence-corrected chi connectivity index (χ0v) is 11.0. The molecule has 0 aromatic carbocycles. The van der Waals surface area contributed by atoms with Crippen molar-refractivity contribution < 1.29 is 0 Å². The molecule has 1 aliphatic heterocycles. The van der Waals surface area contributed by atoms with Crippen molar-refractivity contribution in [1.29, 1.82) is 0 Å². The number of hydrogen-bond acceptors (Lipinski definition) is 4. The fourth-order valence-electron chi connectivity index (χ4n) is 2.34. The molecule has 1 atom stereocenters. The van der Waals surface area contributed by atoms with Crippen molar-refractivity contribution in [3.05, 3.63) is 16.1 Å². The van der Waals surface area contributed by atoms with E-state index in [1.807, 2.05) is 0 Å². The summed E-state index contributed by atoms with van der Waals surface area (Å²) in [4.78, 5) is 7.11. The van der Waals surface area contributed by atoms with Gasteiger partial charge in [0.05, 0.1) is 16.7 Å². The van der Waals surface area contributed by atoms with Crippen LogP contribution in [0.1, 0.15) is 36.5 Å². The molecule has 1 unspecified atom stereocenters. The summed E-state index contributed by atoms with van der Waals surface area (Å²) in [5, 5.41) is 3.35. The molecule has 2 rings (SSSR count). The molecule has 1 aromatic rings. The van der Waals surface area contributed by atoms with Crippen molar-refractivity contribution in [2.24, 2.45) is 11.7 Å². The number of aryl methyl sites for hydroxylation is 1. The van der Waals surface area contributed by atoms with Crippen LogP contribution in [0.5, 0.6) is 0 Å². The first-order valence-electron chi connectivity index (χ1n) is 6.07. The van der Waals surface area contributed by atoms with Crippen LogP contribution < -0.4 is 5.73 Å². The van der Waals surface area contributed by atoms with Crippen LogP contribution in [-0.2, 0) is 0 Å². The number of aromatic nitrogens is 1. The number of nitrogens with zero attached hydrogens (tertiary/aromatic N) is 2. The van der Waals surface area contributed by atoms with Crippen LogP contribution in [0, 0.1) is 12.8 Å². The predicted octanol–water partition coefficient (Wildman–Crippen LogP) is 2.18. The molecule has 2 N–H and O–H groups in total. The third kappa shape index (κ3) is 2.62. The molecule has 1 aliphatic rings. The Bertz CT molecular complexity index is 329. The summed E-state index contributed by atoms with van der Waals surface area (Å²) in [7, 11) is 0. The highest BCUT2D eigenvalue weighted by atomic mass is 32.1. The maximum atomic E-state index is 5.71. The summed E-state index contributed by atoms with van der Waals surface area (Å²) in [6.07, 6.45) is 2.48. The number of likely N-dealkylation sites (tertiary alicyclic amines) is 1. The second-order valence-corrected chi connectivity index (χ2v) is 5.74. The minimum absolute atomic E-state index is 0.462. The topological polar surface area (TPSA) is 42.2 Å². The summed E-state index contributed by atoms with van der Waals surface area (Å²) >= 11 is 1.74. The lowest BCUT2D eigenvalue weighted by atomic mass is 9.96. The zero-order chi connectivity index (χ0) is 11.5. The summed E-state index contributed by atoms with van der Waals surface area (Å²) in [5.74, 6) is 0.737. The molecule has 1 aromatic heterocycles. The van der Waals surface area contributed by atoms with Crippen molar-refractivity contribution in [3.63, 3.8) is 0 Å². The van der Waals surface area contributed by atoms with E-state index < -0.39 is 0 Å². The van der Waals surface area contributed by atoms with Gasteiger partial charge < -0.3 is 5.73 Å². The van der Waals surface area contributed by atoms with Gasteiger partial charge in [0.1, 0.15) is 0 Å². The number of nitrogens with two attached hydrogens (primary N) is 1. The molecule has 0 amide bonds. The number of piperidine rings is 1. The average Bonchev–Trinajstić information content (AvgIpc) is 2.75. The van der Waals surface area contributed by atoms with Crippen molar-refractivity contribution >= 4 is 11.3 Å². The lowest BCUT2D eigenvalue weighted by Crippen LogP contribution is -2.37. The Morgan fingerprint density at radius 2 is 2.25 bits per heavy atom. The highest BCUT2D eigenvalue weighted by Gasteiger charge is 2.23. The van der Waals surface area contributed by atoms with Crippen LogP contribution in [0.25, 0.3) is 0 Å². The van der Waals surface area contributed by atoms with E-state index in [1.165, 1.54) is 36.6 Å². The Hall–Kier alpha value is -0.450. The molecule has 0 saturated carbocycles. The van der Waals surface area contributed by atoms with Gasteiger partial charge in [-0.25, -0.2) is 4.98 Å². The van der Waals surface area contributed by atoms with E-state index in [2.05, 4.69) is 29.1 Å². The standard InChI is InChI=1S/C12H21N3S/c1-9(12-8-16-10(2)14-12)15-5-3-11(7-13)4-6-15/h8-9,11H,3-7,13H2,1-2H3. The van der Waals surface area contributed by atoms with Crippen LogP contribution in [0.3, 0.4) is 0 Å². The van der Waals surface area contributed by atoms with Crippen LogP contribution >= 0.6 is 11.3 Å².